The third kappa shape index (κ3) is 4.84. The van der Waals surface area contributed by atoms with E-state index in [1.54, 1.807) is 30.3 Å². The van der Waals surface area contributed by atoms with Gasteiger partial charge in [0, 0.05) is 11.8 Å². The zero-order valence-corrected chi connectivity index (χ0v) is 18.3. The minimum atomic E-state index is -0.499. The summed E-state index contributed by atoms with van der Waals surface area (Å²) in [6, 6.07) is 15.5. The number of aryl methyl sites for hydroxylation is 2. The van der Waals surface area contributed by atoms with Crippen molar-refractivity contribution in [3.8, 4) is 5.75 Å². The average Bonchev–Trinajstić information content (AvgIpc) is 3.36. The van der Waals surface area contributed by atoms with Crippen molar-refractivity contribution in [3.63, 3.8) is 0 Å². The van der Waals surface area contributed by atoms with Crippen LogP contribution in [0.15, 0.2) is 65.2 Å². The quantitative estimate of drug-likeness (QED) is 0.386. The third-order valence-corrected chi connectivity index (χ3v) is 5.17. The van der Waals surface area contributed by atoms with Crippen molar-refractivity contribution < 1.29 is 18.3 Å². The maximum atomic E-state index is 13.9. The van der Waals surface area contributed by atoms with Crippen LogP contribution in [0.4, 0.5) is 10.2 Å². The Bertz CT molecular complexity index is 1240. The van der Waals surface area contributed by atoms with Crippen LogP contribution in [0.1, 0.15) is 33.0 Å². The van der Waals surface area contributed by atoms with Gasteiger partial charge in [-0.25, -0.2) is 4.39 Å². The molecule has 0 fully saturated rings. The van der Waals surface area contributed by atoms with Gasteiger partial charge >= 0.3 is 0 Å². The summed E-state index contributed by atoms with van der Waals surface area (Å²) in [5, 5.41) is 7.09. The van der Waals surface area contributed by atoms with Gasteiger partial charge in [-0.2, -0.15) is 5.10 Å². The van der Waals surface area contributed by atoms with Crippen molar-refractivity contribution >= 4 is 23.3 Å². The molecule has 1 N–H and O–H groups in total. The summed E-state index contributed by atoms with van der Waals surface area (Å²) < 4.78 is 26.8. The molecule has 6 nitrogen and oxygen atoms in total. The fraction of sp³-hybridized carbons (Fsp3) is 0.167. The Morgan fingerprint density at radius 1 is 1.12 bits per heavy atom. The molecule has 0 saturated heterocycles. The Labute approximate surface area is 189 Å². The van der Waals surface area contributed by atoms with Crippen LogP contribution in [0.25, 0.3) is 0 Å². The van der Waals surface area contributed by atoms with Gasteiger partial charge in [0.1, 0.15) is 29.0 Å². The number of para-hydroxylation sites is 1. The molecule has 0 aliphatic carbocycles. The van der Waals surface area contributed by atoms with E-state index in [1.807, 2.05) is 32.0 Å². The van der Waals surface area contributed by atoms with Crippen LogP contribution in [0, 0.1) is 19.7 Å². The van der Waals surface area contributed by atoms with Gasteiger partial charge in [0.2, 0.25) is 0 Å². The molecule has 32 heavy (non-hydrogen) atoms. The Balaban J connectivity index is 1.40. The molecular formula is C24H21ClFN3O3. The predicted molar refractivity (Wildman–Crippen MR) is 120 cm³/mol. The molecule has 4 rings (SSSR count). The monoisotopic (exact) mass is 453 g/mol. The standard InChI is InChI=1S/C24H21ClFN3O3/c1-15-6-5-7-16(2)22(15)31-14-18-10-11-21(32-18)24(30)27-23-19(25)13-29(28-23)12-17-8-3-4-9-20(17)26/h3-11,13H,12,14H2,1-2H3,(H,27,28,30). The Morgan fingerprint density at radius 3 is 2.62 bits per heavy atom. The minimum Gasteiger partial charge on any atom is -0.485 e. The first-order chi connectivity index (χ1) is 15.4. The number of nitrogens with one attached hydrogen (secondary N) is 1. The molecule has 0 radical (unpaired) electrons. The molecule has 0 bridgehead atoms. The van der Waals surface area contributed by atoms with Gasteiger partial charge in [0.25, 0.3) is 5.91 Å². The number of carbonyl (C=O) groups excluding carboxylic acids is 1. The summed E-state index contributed by atoms with van der Waals surface area (Å²) in [5.74, 6) is 0.732. The number of carbonyl (C=O) groups is 1. The van der Waals surface area contributed by atoms with Crippen molar-refractivity contribution in [2.24, 2.45) is 0 Å². The Kier molecular flexibility index (Phi) is 6.28. The molecule has 0 aliphatic rings. The van der Waals surface area contributed by atoms with E-state index in [0.717, 1.165) is 16.9 Å². The van der Waals surface area contributed by atoms with Gasteiger partial charge in [-0.15, -0.1) is 0 Å². The van der Waals surface area contributed by atoms with Gasteiger partial charge in [0.15, 0.2) is 11.6 Å². The molecule has 164 valence electrons. The molecule has 0 aliphatic heterocycles. The molecule has 2 heterocycles. The van der Waals surface area contributed by atoms with Crippen LogP contribution in [0.3, 0.4) is 0 Å². The van der Waals surface area contributed by atoms with Crippen LogP contribution in [-0.4, -0.2) is 15.7 Å². The number of rotatable bonds is 7. The molecule has 0 unspecified atom stereocenters. The van der Waals surface area contributed by atoms with E-state index in [0.29, 0.717) is 11.3 Å². The number of aromatic nitrogens is 2. The van der Waals surface area contributed by atoms with Crippen LogP contribution in [0.2, 0.25) is 5.02 Å². The number of anilines is 1. The number of halogens is 2. The number of amides is 1. The number of hydrogen-bond acceptors (Lipinski definition) is 4. The maximum absolute atomic E-state index is 13.9. The molecule has 1 amide bonds. The molecule has 2 aromatic carbocycles. The molecule has 2 aromatic heterocycles. The van der Waals surface area contributed by atoms with E-state index < -0.39 is 5.91 Å². The lowest BCUT2D eigenvalue weighted by molar-refractivity contribution is 0.0992. The van der Waals surface area contributed by atoms with E-state index in [9.17, 15) is 9.18 Å². The molecular weight excluding hydrogens is 433 g/mol. The third-order valence-electron chi connectivity index (χ3n) is 4.89. The molecule has 0 spiro atoms. The highest BCUT2D eigenvalue weighted by Crippen LogP contribution is 2.25. The molecule has 8 heteroatoms. The van der Waals surface area contributed by atoms with Crippen molar-refractivity contribution in [3.05, 3.63) is 99.8 Å². The highest BCUT2D eigenvalue weighted by atomic mass is 35.5. The van der Waals surface area contributed by atoms with E-state index in [2.05, 4.69) is 10.4 Å². The maximum Gasteiger partial charge on any atom is 0.292 e. The van der Waals surface area contributed by atoms with Gasteiger partial charge < -0.3 is 14.5 Å². The Morgan fingerprint density at radius 2 is 1.88 bits per heavy atom. The fourth-order valence-corrected chi connectivity index (χ4v) is 3.48. The normalized spacial score (nSPS) is 10.9. The number of hydrogen-bond donors (Lipinski definition) is 1. The lowest BCUT2D eigenvalue weighted by Crippen LogP contribution is -2.12. The SMILES string of the molecule is Cc1cccc(C)c1OCc1ccc(C(=O)Nc2nn(Cc3ccccc3F)cc2Cl)o1. The van der Waals surface area contributed by atoms with Crippen molar-refractivity contribution in [2.75, 3.05) is 5.32 Å². The topological polar surface area (TPSA) is 69.3 Å². The van der Waals surface area contributed by atoms with Crippen molar-refractivity contribution in [2.45, 2.75) is 27.0 Å². The predicted octanol–water partition coefficient (Wildman–Crippen LogP) is 5.77. The summed E-state index contributed by atoms with van der Waals surface area (Å²) in [5.41, 5.74) is 2.51. The van der Waals surface area contributed by atoms with Crippen LogP contribution >= 0.6 is 11.6 Å². The first kappa shape index (κ1) is 21.6. The lowest BCUT2D eigenvalue weighted by Gasteiger charge is -2.10. The van der Waals surface area contributed by atoms with Gasteiger partial charge in [-0.1, -0.05) is 48.0 Å². The largest absolute Gasteiger partial charge is 0.485 e. The molecule has 4 aromatic rings. The van der Waals surface area contributed by atoms with E-state index in [1.165, 1.54) is 16.9 Å². The lowest BCUT2D eigenvalue weighted by atomic mass is 10.1. The van der Waals surface area contributed by atoms with E-state index in [4.69, 9.17) is 20.8 Å². The summed E-state index contributed by atoms with van der Waals surface area (Å²) in [4.78, 5) is 12.6. The van der Waals surface area contributed by atoms with E-state index >= 15 is 0 Å². The fourth-order valence-electron chi connectivity index (χ4n) is 3.28. The number of ether oxygens (including phenoxy) is 1. The smallest absolute Gasteiger partial charge is 0.292 e. The van der Waals surface area contributed by atoms with E-state index in [-0.39, 0.29) is 35.6 Å². The number of nitrogens with zero attached hydrogens (tertiary/aromatic N) is 2. The van der Waals surface area contributed by atoms with Gasteiger partial charge in [0.05, 0.1) is 6.54 Å². The molecule has 0 atom stereocenters. The van der Waals surface area contributed by atoms with Gasteiger partial charge in [-0.3, -0.25) is 9.48 Å². The second-order valence-electron chi connectivity index (χ2n) is 7.34. The summed E-state index contributed by atoms with van der Waals surface area (Å²) in [7, 11) is 0. The minimum absolute atomic E-state index is 0.102. The Hall–Kier alpha value is -3.58. The summed E-state index contributed by atoms with van der Waals surface area (Å²) in [6.45, 7) is 4.32. The second kappa shape index (κ2) is 9.28. The highest BCUT2D eigenvalue weighted by Gasteiger charge is 2.17. The number of furan rings is 1. The highest BCUT2D eigenvalue weighted by molar-refractivity contribution is 6.33. The van der Waals surface area contributed by atoms with Gasteiger partial charge in [-0.05, 0) is 43.2 Å². The first-order valence-corrected chi connectivity index (χ1v) is 10.3. The van der Waals surface area contributed by atoms with Crippen LogP contribution in [0.5, 0.6) is 5.75 Å². The zero-order valence-electron chi connectivity index (χ0n) is 17.6. The molecule has 0 saturated carbocycles. The second-order valence-corrected chi connectivity index (χ2v) is 7.75. The van der Waals surface area contributed by atoms with Crippen LogP contribution < -0.4 is 10.1 Å². The number of benzene rings is 2. The average molecular weight is 454 g/mol. The zero-order chi connectivity index (χ0) is 22.7. The van der Waals surface area contributed by atoms with Crippen molar-refractivity contribution in [1.82, 2.24) is 9.78 Å². The first-order valence-electron chi connectivity index (χ1n) is 9.96. The summed E-state index contributed by atoms with van der Waals surface area (Å²) in [6.07, 6.45) is 1.52. The van der Waals surface area contributed by atoms with Crippen molar-refractivity contribution in [1.29, 1.82) is 0 Å². The van der Waals surface area contributed by atoms with Crippen LogP contribution in [-0.2, 0) is 13.2 Å². The summed E-state index contributed by atoms with van der Waals surface area (Å²) >= 11 is 6.19.